The summed E-state index contributed by atoms with van der Waals surface area (Å²) in [6.45, 7) is 7.50. The minimum absolute atomic E-state index is 0.215. The number of aromatic nitrogens is 1. The first kappa shape index (κ1) is 15.7. The number of carbonyl (C=O) groups excluding carboxylic acids is 1. The van der Waals surface area contributed by atoms with Crippen molar-refractivity contribution < 1.29 is 4.79 Å². The maximum absolute atomic E-state index is 12.4. The summed E-state index contributed by atoms with van der Waals surface area (Å²) in [5.41, 5.74) is 2.24. The molecule has 2 aromatic rings. The molecule has 112 valence electrons. The van der Waals surface area contributed by atoms with Crippen LogP contribution in [-0.2, 0) is 17.8 Å². The Bertz CT molecular complexity index is 592. The van der Waals surface area contributed by atoms with E-state index >= 15 is 0 Å². The molecule has 0 saturated carbocycles. The van der Waals surface area contributed by atoms with Gasteiger partial charge in [-0.1, -0.05) is 30.3 Å². The quantitative estimate of drug-likeness (QED) is 0.814. The van der Waals surface area contributed by atoms with E-state index in [2.05, 4.69) is 17.1 Å². The highest BCUT2D eigenvalue weighted by molar-refractivity contribution is 7.11. The van der Waals surface area contributed by atoms with Crippen molar-refractivity contribution in [3.05, 3.63) is 51.5 Å². The Labute approximate surface area is 130 Å². The average molecular weight is 302 g/mol. The number of amides is 1. The molecular formula is C17H22N2OS. The van der Waals surface area contributed by atoms with Gasteiger partial charge in [0, 0.05) is 24.4 Å². The molecule has 0 unspecified atom stereocenters. The SMILES string of the molecule is CCN(Cc1ccccc1)C(=O)CCc1sc(C)nc1C. The van der Waals surface area contributed by atoms with E-state index in [0.717, 1.165) is 23.7 Å². The third-order valence-electron chi connectivity index (χ3n) is 3.52. The van der Waals surface area contributed by atoms with E-state index in [9.17, 15) is 4.79 Å². The van der Waals surface area contributed by atoms with E-state index in [1.807, 2.05) is 43.9 Å². The topological polar surface area (TPSA) is 33.2 Å². The lowest BCUT2D eigenvalue weighted by Gasteiger charge is -2.21. The van der Waals surface area contributed by atoms with Crippen molar-refractivity contribution in [1.29, 1.82) is 0 Å². The van der Waals surface area contributed by atoms with Gasteiger partial charge in [0.25, 0.3) is 0 Å². The van der Waals surface area contributed by atoms with Crippen LogP contribution >= 0.6 is 11.3 Å². The minimum atomic E-state index is 0.215. The van der Waals surface area contributed by atoms with Crippen molar-refractivity contribution in [3.63, 3.8) is 0 Å². The monoisotopic (exact) mass is 302 g/mol. The van der Waals surface area contributed by atoms with Gasteiger partial charge in [-0.2, -0.15) is 0 Å². The molecule has 0 spiro atoms. The normalized spacial score (nSPS) is 10.6. The van der Waals surface area contributed by atoms with Crippen LogP contribution in [0.5, 0.6) is 0 Å². The standard InChI is InChI=1S/C17H22N2OS/c1-4-19(12-15-8-6-5-7-9-15)17(20)11-10-16-13(2)18-14(3)21-16/h5-9H,4,10-12H2,1-3H3. The smallest absolute Gasteiger partial charge is 0.223 e. The molecule has 0 saturated heterocycles. The Balaban J connectivity index is 1.93. The van der Waals surface area contributed by atoms with Crippen LogP contribution in [-0.4, -0.2) is 22.3 Å². The Hall–Kier alpha value is -1.68. The fourth-order valence-electron chi connectivity index (χ4n) is 2.36. The Morgan fingerprint density at radius 1 is 1.24 bits per heavy atom. The van der Waals surface area contributed by atoms with Gasteiger partial charge in [0.1, 0.15) is 0 Å². The van der Waals surface area contributed by atoms with Gasteiger partial charge in [-0.15, -0.1) is 11.3 Å². The highest BCUT2D eigenvalue weighted by Gasteiger charge is 2.14. The molecule has 1 aromatic carbocycles. The van der Waals surface area contributed by atoms with Crippen molar-refractivity contribution in [3.8, 4) is 0 Å². The summed E-state index contributed by atoms with van der Waals surface area (Å²) in [6.07, 6.45) is 1.35. The Morgan fingerprint density at radius 2 is 1.95 bits per heavy atom. The fraction of sp³-hybridized carbons (Fsp3) is 0.412. The van der Waals surface area contributed by atoms with E-state index in [-0.39, 0.29) is 5.91 Å². The van der Waals surface area contributed by atoms with Crippen molar-refractivity contribution >= 4 is 17.2 Å². The molecule has 0 bridgehead atoms. The van der Waals surface area contributed by atoms with Gasteiger partial charge in [0.05, 0.1) is 10.7 Å². The predicted octanol–water partition coefficient (Wildman–Crippen LogP) is 3.74. The second-order valence-corrected chi connectivity index (χ2v) is 6.42. The van der Waals surface area contributed by atoms with Crippen molar-refractivity contribution in [2.24, 2.45) is 0 Å². The number of thiazole rings is 1. The lowest BCUT2D eigenvalue weighted by Crippen LogP contribution is -2.30. The van der Waals surface area contributed by atoms with Gasteiger partial charge in [-0.25, -0.2) is 4.98 Å². The number of hydrogen-bond acceptors (Lipinski definition) is 3. The first-order valence-electron chi connectivity index (χ1n) is 7.34. The molecule has 0 N–H and O–H groups in total. The molecule has 3 nitrogen and oxygen atoms in total. The summed E-state index contributed by atoms with van der Waals surface area (Å²) < 4.78 is 0. The molecule has 2 rings (SSSR count). The lowest BCUT2D eigenvalue weighted by molar-refractivity contribution is -0.131. The molecular weight excluding hydrogens is 280 g/mol. The fourth-order valence-corrected chi connectivity index (χ4v) is 3.30. The number of rotatable bonds is 6. The molecule has 0 aliphatic heterocycles. The molecule has 0 atom stereocenters. The van der Waals surface area contributed by atoms with Crippen LogP contribution in [0.25, 0.3) is 0 Å². The highest BCUT2D eigenvalue weighted by Crippen LogP contribution is 2.19. The van der Waals surface area contributed by atoms with E-state index in [4.69, 9.17) is 0 Å². The molecule has 1 heterocycles. The van der Waals surface area contributed by atoms with Gasteiger partial charge >= 0.3 is 0 Å². The molecule has 1 amide bonds. The van der Waals surface area contributed by atoms with Gasteiger partial charge in [0.15, 0.2) is 0 Å². The zero-order valence-electron chi connectivity index (χ0n) is 12.9. The first-order valence-corrected chi connectivity index (χ1v) is 8.16. The van der Waals surface area contributed by atoms with Crippen LogP contribution in [0, 0.1) is 13.8 Å². The van der Waals surface area contributed by atoms with Crippen molar-refractivity contribution in [1.82, 2.24) is 9.88 Å². The molecule has 0 fully saturated rings. The van der Waals surface area contributed by atoms with E-state index in [1.165, 1.54) is 10.4 Å². The van der Waals surface area contributed by atoms with Crippen LogP contribution in [0.2, 0.25) is 0 Å². The molecule has 1 aromatic heterocycles. The average Bonchev–Trinajstić information content (AvgIpc) is 2.81. The van der Waals surface area contributed by atoms with Crippen LogP contribution in [0.3, 0.4) is 0 Å². The van der Waals surface area contributed by atoms with E-state index in [1.54, 1.807) is 11.3 Å². The van der Waals surface area contributed by atoms with E-state index < -0.39 is 0 Å². The third-order valence-corrected chi connectivity index (χ3v) is 4.65. The second kappa shape index (κ2) is 7.36. The molecule has 0 aliphatic rings. The lowest BCUT2D eigenvalue weighted by atomic mass is 10.2. The maximum atomic E-state index is 12.4. The van der Waals surface area contributed by atoms with Crippen molar-refractivity contribution in [2.75, 3.05) is 6.54 Å². The molecule has 21 heavy (non-hydrogen) atoms. The van der Waals surface area contributed by atoms with Gasteiger partial charge in [-0.3, -0.25) is 4.79 Å². The zero-order valence-corrected chi connectivity index (χ0v) is 13.7. The number of aryl methyl sites for hydroxylation is 3. The van der Waals surface area contributed by atoms with Gasteiger partial charge in [0.2, 0.25) is 5.91 Å². The maximum Gasteiger partial charge on any atom is 0.223 e. The Kier molecular flexibility index (Phi) is 5.51. The summed E-state index contributed by atoms with van der Waals surface area (Å²) in [7, 11) is 0. The number of benzene rings is 1. The molecule has 4 heteroatoms. The minimum Gasteiger partial charge on any atom is -0.339 e. The molecule has 0 aliphatic carbocycles. The summed E-state index contributed by atoms with van der Waals surface area (Å²) in [5, 5.41) is 1.08. The summed E-state index contributed by atoms with van der Waals surface area (Å²) in [4.78, 5) is 19.9. The molecule has 0 radical (unpaired) electrons. The van der Waals surface area contributed by atoms with Crippen molar-refractivity contribution in [2.45, 2.75) is 40.2 Å². The Morgan fingerprint density at radius 3 is 2.52 bits per heavy atom. The third kappa shape index (κ3) is 4.39. The number of carbonyl (C=O) groups is 1. The highest BCUT2D eigenvalue weighted by atomic mass is 32.1. The van der Waals surface area contributed by atoms with E-state index in [0.29, 0.717) is 13.0 Å². The van der Waals surface area contributed by atoms with Crippen LogP contribution in [0.1, 0.15) is 34.5 Å². The largest absolute Gasteiger partial charge is 0.339 e. The zero-order chi connectivity index (χ0) is 15.2. The summed E-state index contributed by atoms with van der Waals surface area (Å²) >= 11 is 1.70. The van der Waals surface area contributed by atoms with Gasteiger partial charge in [-0.05, 0) is 32.8 Å². The van der Waals surface area contributed by atoms with Crippen LogP contribution in [0.15, 0.2) is 30.3 Å². The second-order valence-electron chi connectivity index (χ2n) is 5.13. The number of hydrogen-bond donors (Lipinski definition) is 0. The summed E-state index contributed by atoms with van der Waals surface area (Å²) in [6, 6.07) is 10.1. The number of nitrogens with zero attached hydrogens (tertiary/aromatic N) is 2. The van der Waals surface area contributed by atoms with Crippen LogP contribution in [0.4, 0.5) is 0 Å². The predicted molar refractivity (Wildman–Crippen MR) is 87.4 cm³/mol. The van der Waals surface area contributed by atoms with Crippen LogP contribution < -0.4 is 0 Å². The van der Waals surface area contributed by atoms with Gasteiger partial charge < -0.3 is 4.90 Å². The summed E-state index contributed by atoms with van der Waals surface area (Å²) in [5.74, 6) is 0.215. The first-order chi connectivity index (χ1) is 10.1.